The van der Waals surface area contributed by atoms with E-state index < -0.39 is 29.7 Å². The van der Waals surface area contributed by atoms with Gasteiger partial charge in [0.25, 0.3) is 17.4 Å². The van der Waals surface area contributed by atoms with Crippen LogP contribution in [0.15, 0.2) is 228 Å². The van der Waals surface area contributed by atoms with Gasteiger partial charge in [0.15, 0.2) is 11.6 Å². The van der Waals surface area contributed by atoms with Gasteiger partial charge in [0.2, 0.25) is 5.89 Å². The molecule has 0 fully saturated rings. The number of halogens is 1. The third kappa shape index (κ3) is 15.6. The number of nitrogens with zero attached hydrogens (tertiary/aromatic N) is 4. The van der Waals surface area contributed by atoms with Crippen molar-refractivity contribution < 1.29 is 74.3 Å². The number of nitrogens with one attached hydrogen (secondary N) is 1. The Balaban J connectivity index is 0.000000161. The van der Waals surface area contributed by atoms with E-state index in [1.54, 1.807) is 152 Å². The number of carboxylic acids is 3. The minimum atomic E-state index is -1.11. The lowest BCUT2D eigenvalue weighted by atomic mass is 10.1. The molecule has 2 heterocycles. The van der Waals surface area contributed by atoms with E-state index in [1.807, 2.05) is 0 Å². The highest BCUT2D eigenvalue weighted by molar-refractivity contribution is 6.33. The molecule has 2 amide bonds. The van der Waals surface area contributed by atoms with E-state index in [4.69, 9.17) is 36.4 Å². The molecule has 0 aliphatic heterocycles. The first-order valence-electron chi connectivity index (χ1n) is 24.8. The summed E-state index contributed by atoms with van der Waals surface area (Å²) in [7, 11) is 0. The molecule has 0 bridgehead atoms. The minimum Gasteiger partial charge on any atom is -0.507 e. The Morgan fingerprint density at radius 2 is 0.835 bits per heavy atom. The molecule has 2 aromatic heterocycles. The number of aromatic hydroxyl groups is 6. The number of hydrogen-bond donors (Lipinski definition) is 10. The van der Waals surface area contributed by atoms with Crippen LogP contribution in [-0.2, 0) is 0 Å². The number of phenols is 6. The molecule has 0 spiro atoms. The van der Waals surface area contributed by atoms with Gasteiger partial charge in [-0.05, 0) is 121 Å². The number of benzene rings is 9. The fraction of sp³-hybridized carbons (Fsp3) is 0. The number of rotatable bonds is 9. The van der Waals surface area contributed by atoms with Crippen LogP contribution < -0.4 is 10.9 Å². The van der Waals surface area contributed by atoms with Crippen molar-refractivity contribution in [1.29, 1.82) is 0 Å². The molecule has 10 N–H and O–H groups in total. The zero-order valence-corrected chi connectivity index (χ0v) is 44.6. The van der Waals surface area contributed by atoms with Crippen molar-refractivity contribution >= 4 is 52.3 Å². The van der Waals surface area contributed by atoms with Crippen molar-refractivity contribution in [3.8, 4) is 74.4 Å². The van der Waals surface area contributed by atoms with Gasteiger partial charge in [-0.1, -0.05) is 109 Å². The Bertz CT molecular complexity index is 4170. The SMILES string of the molecule is O=C(NC(=O)c1ccccc1O)c1ccccc1O.O=C(O)c1ccc(-n2nc(-c3ccccc3O)nc2-c2ccccc2O)cc1.O=C(O)c1ccccc1Cl.O=C(O)c1ccccc1O.O=c1nc(-c2ccccc2O)oc2ccccc12. The van der Waals surface area contributed by atoms with Gasteiger partial charge in [0, 0.05) is 0 Å². The summed E-state index contributed by atoms with van der Waals surface area (Å²) in [5.74, 6) is -4.38. The molecule has 0 aliphatic rings. The lowest BCUT2D eigenvalue weighted by Gasteiger charge is -2.07. The average Bonchev–Trinajstić information content (AvgIpc) is 2.78. The van der Waals surface area contributed by atoms with Crippen molar-refractivity contribution in [2.45, 2.75) is 0 Å². The second-order valence-corrected chi connectivity index (χ2v) is 17.7. The van der Waals surface area contributed by atoms with Crippen LogP contribution in [0, 0.1) is 0 Å². The second kappa shape index (κ2) is 28.4. The standard InChI is InChI=1S/C21H15N3O4.C14H11NO4.C14H9NO3.C7H5ClO2.C7H6O3/c25-17-7-3-1-5-15(17)19-22-20(16-6-2-4-8-18(16)26)24(23-19)14-11-9-13(10-12-14)21(27)28;16-11-7-3-1-5-9(11)13(18)15-14(19)10-6-2-4-8-12(10)17;16-11-7-3-1-5-9(11)14-15-13(17)10-6-2-4-8-12(10)18-14;2*8-6-4-2-1-3-5(6)7(9)10/h1-12,25-26H,(H,27,28);1-8,16-17H,(H,15,18,19);1-8,16H;1-4H,(H,9,10);1-4,8H,(H,9,10). The van der Waals surface area contributed by atoms with Crippen LogP contribution in [0.3, 0.4) is 0 Å². The van der Waals surface area contributed by atoms with Crippen LogP contribution in [0.2, 0.25) is 5.02 Å². The van der Waals surface area contributed by atoms with Crippen LogP contribution in [0.25, 0.3) is 50.9 Å². The predicted molar refractivity (Wildman–Crippen MR) is 311 cm³/mol. The zero-order chi connectivity index (χ0) is 61.2. The topological polar surface area (TPSA) is 353 Å². The molecule has 11 aromatic rings. The number of carbonyl (C=O) groups is 5. The van der Waals surface area contributed by atoms with Crippen LogP contribution in [0.5, 0.6) is 34.5 Å². The summed E-state index contributed by atoms with van der Waals surface area (Å²) in [6.45, 7) is 0. The highest BCUT2D eigenvalue weighted by Gasteiger charge is 2.21. The first-order chi connectivity index (χ1) is 40.8. The Hall–Kier alpha value is -12.1. The Morgan fingerprint density at radius 1 is 0.424 bits per heavy atom. The van der Waals surface area contributed by atoms with Gasteiger partial charge < -0.3 is 50.4 Å². The molecular weight excluding hydrogens is 1120 g/mol. The average molecular weight is 1160 g/mol. The summed E-state index contributed by atoms with van der Waals surface area (Å²) in [6, 6.07) is 56.9. The molecule has 22 heteroatoms. The summed E-state index contributed by atoms with van der Waals surface area (Å²) < 4.78 is 7.04. The summed E-state index contributed by atoms with van der Waals surface area (Å²) in [5, 5.41) is 91.3. The van der Waals surface area contributed by atoms with Crippen molar-refractivity contribution in [3.05, 3.63) is 262 Å². The third-order valence-corrected chi connectivity index (χ3v) is 12.0. The molecule has 0 saturated heterocycles. The maximum absolute atomic E-state index is 11.8. The van der Waals surface area contributed by atoms with Gasteiger partial charge in [-0.15, -0.1) is 5.10 Å². The van der Waals surface area contributed by atoms with E-state index in [-0.39, 0.29) is 84.6 Å². The van der Waals surface area contributed by atoms with Crippen molar-refractivity contribution in [1.82, 2.24) is 25.1 Å². The van der Waals surface area contributed by atoms with Gasteiger partial charge in [-0.2, -0.15) is 4.98 Å². The number of amides is 2. The van der Waals surface area contributed by atoms with E-state index >= 15 is 0 Å². The van der Waals surface area contributed by atoms with Gasteiger partial charge in [0.05, 0.1) is 55.0 Å². The Kier molecular flexibility index (Phi) is 20.2. The van der Waals surface area contributed by atoms with Gasteiger partial charge in [-0.3, -0.25) is 19.7 Å². The quantitative estimate of drug-likeness (QED) is 0.0600. The van der Waals surface area contributed by atoms with Crippen LogP contribution >= 0.6 is 11.6 Å². The van der Waals surface area contributed by atoms with Gasteiger partial charge in [-0.25, -0.2) is 24.0 Å². The lowest BCUT2D eigenvalue weighted by molar-refractivity contribution is 0.0683. The van der Waals surface area contributed by atoms with E-state index in [0.29, 0.717) is 39.2 Å². The number of para-hydroxylation sites is 7. The molecule has 85 heavy (non-hydrogen) atoms. The van der Waals surface area contributed by atoms with Crippen molar-refractivity contribution in [2.24, 2.45) is 0 Å². The number of hydrogen-bond acceptors (Lipinski definition) is 16. The highest BCUT2D eigenvalue weighted by atomic mass is 35.5. The number of carboxylic acid groups (broad SMARTS) is 3. The number of aromatic nitrogens is 4. The first kappa shape index (κ1) is 60.5. The molecule has 0 saturated carbocycles. The Morgan fingerprint density at radius 3 is 1.28 bits per heavy atom. The fourth-order valence-corrected chi connectivity index (χ4v) is 7.71. The predicted octanol–water partition coefficient (Wildman–Crippen LogP) is 11.1. The highest BCUT2D eigenvalue weighted by Crippen LogP contribution is 2.34. The summed E-state index contributed by atoms with van der Waals surface area (Å²) in [5.41, 5.74) is 2.17. The molecule has 21 nitrogen and oxygen atoms in total. The van der Waals surface area contributed by atoms with Crippen LogP contribution in [-0.4, -0.2) is 95.4 Å². The Labute approximate surface area is 485 Å². The zero-order valence-electron chi connectivity index (χ0n) is 43.8. The van der Waals surface area contributed by atoms with E-state index in [0.717, 1.165) is 0 Å². The normalized spacial score (nSPS) is 10.2. The number of aromatic carboxylic acids is 3. The smallest absolute Gasteiger partial charge is 0.339 e. The summed E-state index contributed by atoms with van der Waals surface area (Å²) >= 11 is 5.54. The number of carbonyl (C=O) groups excluding carboxylic acids is 2. The lowest BCUT2D eigenvalue weighted by Crippen LogP contribution is -2.30. The number of imide groups is 1. The van der Waals surface area contributed by atoms with E-state index in [1.165, 1.54) is 71.4 Å². The van der Waals surface area contributed by atoms with Gasteiger partial charge in [0.1, 0.15) is 45.6 Å². The monoisotopic (exact) mass is 1160 g/mol. The van der Waals surface area contributed by atoms with Crippen molar-refractivity contribution in [3.63, 3.8) is 0 Å². The molecule has 0 unspecified atom stereocenters. The largest absolute Gasteiger partial charge is 0.507 e. The van der Waals surface area contributed by atoms with Crippen LogP contribution in [0.1, 0.15) is 51.8 Å². The van der Waals surface area contributed by atoms with E-state index in [9.17, 15) is 54.3 Å². The molecule has 0 radical (unpaired) electrons. The number of phenolic OH excluding ortho intramolecular Hbond substituents is 5. The first-order valence-corrected chi connectivity index (χ1v) is 25.2. The molecule has 9 aromatic carbocycles. The van der Waals surface area contributed by atoms with E-state index in [2.05, 4.69) is 20.4 Å². The minimum absolute atomic E-state index is 0.00808. The molecule has 0 atom stereocenters. The number of fused-ring (bicyclic) bond motifs is 1. The fourth-order valence-electron chi connectivity index (χ4n) is 7.49. The summed E-state index contributed by atoms with van der Waals surface area (Å²) in [4.78, 5) is 75.5. The molecule has 426 valence electrons. The third-order valence-electron chi connectivity index (χ3n) is 11.7. The molecule has 0 aliphatic carbocycles. The maximum atomic E-state index is 11.8. The van der Waals surface area contributed by atoms with Gasteiger partial charge >= 0.3 is 17.9 Å². The van der Waals surface area contributed by atoms with Crippen molar-refractivity contribution in [2.75, 3.05) is 0 Å². The molecular formula is C63H46ClN5O16. The summed E-state index contributed by atoms with van der Waals surface area (Å²) in [6.07, 6.45) is 0. The van der Waals surface area contributed by atoms with Crippen LogP contribution in [0.4, 0.5) is 0 Å². The second-order valence-electron chi connectivity index (χ2n) is 17.3. The molecule has 11 rings (SSSR count). The maximum Gasteiger partial charge on any atom is 0.339 e.